The zero-order chi connectivity index (χ0) is 23.6. The quantitative estimate of drug-likeness (QED) is 0.370. The Morgan fingerprint density at radius 2 is 1.32 bits per heavy atom. The van der Waals surface area contributed by atoms with Crippen LogP contribution in [0.3, 0.4) is 0 Å². The molecule has 4 aliphatic rings. The maximum Gasteiger partial charge on any atom is 0.271 e. The van der Waals surface area contributed by atoms with E-state index in [9.17, 15) is 24.5 Å². The first-order valence-electron chi connectivity index (χ1n) is 11.0. The number of carbonyl (C=O) groups is 3. The molecular weight excluding hydrogens is 434 g/mol. The fourth-order valence-electron chi connectivity index (χ4n) is 5.94. The number of imide groups is 1. The lowest BCUT2D eigenvalue weighted by molar-refractivity contribution is -0.384. The van der Waals surface area contributed by atoms with Gasteiger partial charge < -0.3 is 5.32 Å². The summed E-state index contributed by atoms with van der Waals surface area (Å²) < 4.78 is 0. The molecule has 0 saturated carbocycles. The summed E-state index contributed by atoms with van der Waals surface area (Å²) in [5.41, 5.74) is 4.33. The molecule has 2 atom stereocenters. The molecule has 3 amide bonds. The normalized spacial score (nSPS) is 23.8. The Kier molecular flexibility index (Phi) is 4.38. The van der Waals surface area contributed by atoms with Gasteiger partial charge in [-0.15, -0.1) is 0 Å². The van der Waals surface area contributed by atoms with E-state index in [1.54, 1.807) is 0 Å². The number of carbonyl (C=O) groups excluding carboxylic acids is 3. The van der Waals surface area contributed by atoms with Crippen molar-refractivity contribution in [3.63, 3.8) is 0 Å². The Morgan fingerprint density at radius 3 is 1.79 bits per heavy atom. The zero-order valence-corrected chi connectivity index (χ0v) is 17.9. The van der Waals surface area contributed by atoms with Gasteiger partial charge in [-0.3, -0.25) is 29.4 Å². The third-order valence-electron chi connectivity index (χ3n) is 7.18. The van der Waals surface area contributed by atoms with E-state index in [4.69, 9.17) is 0 Å². The smallest absolute Gasteiger partial charge is 0.271 e. The summed E-state index contributed by atoms with van der Waals surface area (Å²) in [6.45, 7) is -0.431. The maximum atomic E-state index is 13.5. The largest absolute Gasteiger partial charge is 0.324 e. The second-order valence-corrected chi connectivity index (χ2v) is 8.88. The van der Waals surface area contributed by atoms with Crippen LogP contribution in [0, 0.1) is 22.0 Å². The van der Waals surface area contributed by atoms with Gasteiger partial charge >= 0.3 is 0 Å². The van der Waals surface area contributed by atoms with Crippen molar-refractivity contribution in [3.8, 4) is 0 Å². The predicted octanol–water partition coefficient (Wildman–Crippen LogP) is 3.43. The van der Waals surface area contributed by atoms with E-state index in [-0.39, 0.29) is 35.0 Å². The molecule has 8 nitrogen and oxygen atoms in total. The van der Waals surface area contributed by atoms with Crippen molar-refractivity contribution in [1.29, 1.82) is 0 Å². The Bertz CT molecular complexity index is 1280. The standard InChI is InChI=1S/C26H19N3O5/c30-20(27-14-6-5-7-15(12-14)29(33)34)13-28-25(31)23-21-16-8-1-2-9-17(16)22(24(23)26(28)32)19-11-4-3-10-18(19)21/h1-12,21-24H,13H2,(H,27,30)/t21?,22?,23-,24-/m1/s1. The van der Waals surface area contributed by atoms with Gasteiger partial charge in [-0.1, -0.05) is 54.6 Å². The van der Waals surface area contributed by atoms with Gasteiger partial charge in [-0.25, -0.2) is 0 Å². The first-order valence-corrected chi connectivity index (χ1v) is 11.0. The number of hydrogen-bond donors (Lipinski definition) is 1. The van der Waals surface area contributed by atoms with Crippen LogP contribution in [0.25, 0.3) is 0 Å². The Hall–Kier alpha value is -4.33. The van der Waals surface area contributed by atoms with E-state index in [1.165, 1.54) is 24.3 Å². The number of amides is 3. The molecule has 8 heteroatoms. The average Bonchev–Trinajstić information content (AvgIpc) is 3.09. The maximum absolute atomic E-state index is 13.5. The van der Waals surface area contributed by atoms with E-state index in [1.807, 2.05) is 48.5 Å². The first kappa shape index (κ1) is 20.3. The number of nitro groups is 1. The molecule has 34 heavy (non-hydrogen) atoms. The van der Waals surface area contributed by atoms with Crippen LogP contribution >= 0.6 is 0 Å². The summed E-state index contributed by atoms with van der Waals surface area (Å²) in [6, 6.07) is 21.4. The predicted molar refractivity (Wildman–Crippen MR) is 122 cm³/mol. The lowest BCUT2D eigenvalue weighted by Gasteiger charge is -2.45. The van der Waals surface area contributed by atoms with Crippen molar-refractivity contribution < 1.29 is 19.3 Å². The van der Waals surface area contributed by atoms with Crippen LogP contribution in [0.15, 0.2) is 72.8 Å². The molecule has 7 rings (SSSR count). The third kappa shape index (κ3) is 2.81. The average molecular weight is 453 g/mol. The Balaban J connectivity index is 1.31. The van der Waals surface area contributed by atoms with Crippen LogP contribution in [0.2, 0.25) is 0 Å². The van der Waals surface area contributed by atoms with Crippen molar-refractivity contribution in [2.75, 3.05) is 11.9 Å². The minimum Gasteiger partial charge on any atom is -0.324 e. The van der Waals surface area contributed by atoms with Crippen molar-refractivity contribution in [1.82, 2.24) is 4.90 Å². The number of benzene rings is 3. The van der Waals surface area contributed by atoms with Crippen LogP contribution in [-0.4, -0.2) is 34.1 Å². The van der Waals surface area contributed by atoms with Crippen LogP contribution in [0.1, 0.15) is 34.1 Å². The summed E-state index contributed by atoms with van der Waals surface area (Å²) >= 11 is 0. The molecular formula is C26H19N3O5. The van der Waals surface area contributed by atoms with Gasteiger partial charge in [0, 0.05) is 29.7 Å². The summed E-state index contributed by atoms with van der Waals surface area (Å²) in [5.74, 6) is -2.83. The third-order valence-corrected chi connectivity index (χ3v) is 7.18. The molecule has 1 saturated heterocycles. The minimum absolute atomic E-state index is 0.163. The summed E-state index contributed by atoms with van der Waals surface area (Å²) in [6.07, 6.45) is 0. The summed E-state index contributed by atoms with van der Waals surface area (Å²) in [7, 11) is 0. The zero-order valence-electron chi connectivity index (χ0n) is 17.9. The monoisotopic (exact) mass is 453 g/mol. The number of anilines is 1. The Labute approximate surface area is 194 Å². The fraction of sp³-hybridized carbons (Fsp3) is 0.192. The molecule has 168 valence electrons. The second kappa shape index (κ2) is 7.34. The molecule has 0 radical (unpaired) electrons. The topological polar surface area (TPSA) is 110 Å². The number of hydrogen-bond acceptors (Lipinski definition) is 5. The van der Waals surface area contributed by atoms with Crippen LogP contribution < -0.4 is 5.32 Å². The van der Waals surface area contributed by atoms with Gasteiger partial charge in [0.15, 0.2) is 0 Å². The summed E-state index contributed by atoms with van der Waals surface area (Å²) in [4.78, 5) is 51.3. The highest BCUT2D eigenvalue weighted by Gasteiger charge is 2.61. The van der Waals surface area contributed by atoms with Crippen molar-refractivity contribution >= 4 is 29.1 Å². The van der Waals surface area contributed by atoms with Crippen molar-refractivity contribution in [2.45, 2.75) is 11.8 Å². The van der Waals surface area contributed by atoms with Crippen molar-refractivity contribution in [3.05, 3.63) is 105 Å². The number of nitrogens with one attached hydrogen (secondary N) is 1. The van der Waals surface area contributed by atoms with Crippen LogP contribution in [-0.2, 0) is 14.4 Å². The van der Waals surface area contributed by atoms with Crippen LogP contribution in [0.4, 0.5) is 11.4 Å². The van der Waals surface area contributed by atoms with E-state index in [0.717, 1.165) is 27.2 Å². The fourth-order valence-corrected chi connectivity index (χ4v) is 5.94. The number of nitro benzene ring substituents is 1. The highest BCUT2D eigenvalue weighted by atomic mass is 16.6. The lowest BCUT2D eigenvalue weighted by atomic mass is 9.55. The highest BCUT2D eigenvalue weighted by Crippen LogP contribution is 2.60. The van der Waals surface area contributed by atoms with E-state index in [0.29, 0.717) is 0 Å². The van der Waals surface area contributed by atoms with Crippen LogP contribution in [0.5, 0.6) is 0 Å². The van der Waals surface area contributed by atoms with Gasteiger partial charge in [0.05, 0.1) is 16.8 Å². The molecule has 1 fully saturated rings. The molecule has 0 unspecified atom stereocenters. The van der Waals surface area contributed by atoms with Gasteiger partial charge in [-0.05, 0) is 28.3 Å². The number of likely N-dealkylation sites (tertiary alicyclic amines) is 1. The van der Waals surface area contributed by atoms with Gasteiger partial charge in [0.2, 0.25) is 17.7 Å². The molecule has 1 heterocycles. The highest BCUT2D eigenvalue weighted by molar-refractivity contribution is 6.10. The lowest BCUT2D eigenvalue weighted by Crippen LogP contribution is -2.41. The molecule has 3 aromatic carbocycles. The molecule has 3 aromatic rings. The second-order valence-electron chi connectivity index (χ2n) is 8.88. The van der Waals surface area contributed by atoms with Gasteiger partial charge in [0.1, 0.15) is 6.54 Å². The van der Waals surface area contributed by atoms with Gasteiger partial charge in [-0.2, -0.15) is 0 Å². The van der Waals surface area contributed by atoms with Crippen molar-refractivity contribution in [2.24, 2.45) is 11.8 Å². The Morgan fingerprint density at radius 1 is 0.824 bits per heavy atom. The molecule has 3 aliphatic carbocycles. The first-order chi connectivity index (χ1) is 16.5. The number of non-ortho nitro benzene ring substituents is 1. The molecule has 2 bridgehead atoms. The van der Waals surface area contributed by atoms with E-state index in [2.05, 4.69) is 5.32 Å². The molecule has 1 N–H and O–H groups in total. The molecule has 0 spiro atoms. The minimum atomic E-state index is -0.580. The number of nitrogens with zero attached hydrogens (tertiary/aromatic N) is 2. The summed E-state index contributed by atoms with van der Waals surface area (Å²) in [5, 5.41) is 13.6. The van der Waals surface area contributed by atoms with E-state index < -0.39 is 29.2 Å². The SMILES string of the molecule is O=C(CN1C(=O)[C@@H]2C3c4ccccc4C(c4ccccc43)[C@H]2C1=O)Nc1cccc([N+](=O)[O-])c1. The molecule has 1 aliphatic heterocycles. The van der Waals surface area contributed by atoms with E-state index >= 15 is 0 Å². The van der Waals surface area contributed by atoms with Gasteiger partial charge in [0.25, 0.3) is 5.69 Å². The molecule has 0 aromatic heterocycles. The number of rotatable bonds is 4.